The Morgan fingerprint density at radius 2 is 2.25 bits per heavy atom. The molecule has 106 valence electrons. The van der Waals surface area contributed by atoms with Crippen LogP contribution in [0.1, 0.15) is 11.7 Å². The zero-order chi connectivity index (χ0) is 14.3. The van der Waals surface area contributed by atoms with Crippen LogP contribution in [0.25, 0.3) is 5.65 Å². The number of hydrogen-bond donors (Lipinski definition) is 1. The number of nitrogens with zero attached hydrogens (tertiary/aromatic N) is 5. The maximum absolute atomic E-state index is 12.2. The molecule has 0 spiro atoms. The summed E-state index contributed by atoms with van der Waals surface area (Å²) >= 11 is 0. The van der Waals surface area contributed by atoms with Crippen LogP contribution in [0.4, 0.5) is 0 Å². The molecule has 1 amide bonds. The van der Waals surface area contributed by atoms with Crippen molar-refractivity contribution in [2.45, 2.75) is 6.04 Å². The summed E-state index contributed by atoms with van der Waals surface area (Å²) in [7, 11) is 5.44. The van der Waals surface area contributed by atoms with Crippen LogP contribution in [-0.4, -0.2) is 58.1 Å². The van der Waals surface area contributed by atoms with Gasteiger partial charge in [-0.05, 0) is 13.1 Å². The molecule has 3 heterocycles. The highest BCUT2D eigenvalue weighted by atomic mass is 16.2. The quantitative estimate of drug-likeness (QED) is 0.848. The van der Waals surface area contributed by atoms with Gasteiger partial charge in [-0.3, -0.25) is 10.2 Å². The Bertz CT molecular complexity index is 637. The molecule has 0 saturated carbocycles. The predicted octanol–water partition coefficient (Wildman–Crippen LogP) is -0.0752. The summed E-state index contributed by atoms with van der Waals surface area (Å²) in [6.07, 6.45) is 3.59. The van der Waals surface area contributed by atoms with E-state index in [1.807, 2.05) is 30.4 Å². The Morgan fingerprint density at radius 3 is 2.95 bits per heavy atom. The third kappa shape index (κ3) is 1.95. The van der Waals surface area contributed by atoms with E-state index < -0.39 is 0 Å². The number of nitrogens with one attached hydrogen (secondary N) is 1. The molecule has 0 aliphatic carbocycles. The van der Waals surface area contributed by atoms with E-state index in [-0.39, 0.29) is 17.9 Å². The monoisotopic (exact) mass is 274 g/mol. The Hall–Kier alpha value is -1.99. The molecule has 1 aliphatic heterocycles. The van der Waals surface area contributed by atoms with Crippen molar-refractivity contribution in [2.75, 3.05) is 27.7 Å². The largest absolute Gasteiger partial charge is 0.348 e. The van der Waals surface area contributed by atoms with Crippen LogP contribution in [0, 0.1) is 5.92 Å². The molecule has 0 aromatic carbocycles. The van der Waals surface area contributed by atoms with Crippen molar-refractivity contribution >= 4 is 11.6 Å². The molecule has 0 bridgehead atoms. The first kappa shape index (κ1) is 13.0. The van der Waals surface area contributed by atoms with Gasteiger partial charge in [-0.1, -0.05) is 0 Å². The van der Waals surface area contributed by atoms with Crippen molar-refractivity contribution in [3.63, 3.8) is 0 Å². The SMILES string of the molecule is CNN1CC(C(=O)N(C)C)C1c1ccn2nccc2n1. The number of rotatable bonds is 3. The molecular weight excluding hydrogens is 256 g/mol. The van der Waals surface area contributed by atoms with Crippen molar-refractivity contribution < 1.29 is 4.79 Å². The highest BCUT2D eigenvalue weighted by Crippen LogP contribution is 2.37. The molecule has 7 nitrogen and oxygen atoms in total. The normalized spacial score (nSPS) is 22.8. The minimum atomic E-state index is -0.0599. The highest BCUT2D eigenvalue weighted by molar-refractivity contribution is 5.80. The van der Waals surface area contributed by atoms with Crippen LogP contribution in [0.2, 0.25) is 0 Å². The van der Waals surface area contributed by atoms with Gasteiger partial charge in [0.15, 0.2) is 5.65 Å². The van der Waals surface area contributed by atoms with Crippen molar-refractivity contribution in [1.29, 1.82) is 0 Å². The number of fused-ring (bicyclic) bond motifs is 1. The number of hydrogen-bond acceptors (Lipinski definition) is 5. The van der Waals surface area contributed by atoms with E-state index >= 15 is 0 Å². The molecule has 1 N–H and O–H groups in total. The molecular formula is C13H18N6O. The molecule has 0 radical (unpaired) electrons. The number of hydrazine groups is 1. The van der Waals surface area contributed by atoms with Crippen LogP contribution in [-0.2, 0) is 4.79 Å². The molecule has 7 heteroatoms. The Labute approximate surface area is 117 Å². The maximum atomic E-state index is 12.2. The topological polar surface area (TPSA) is 65.8 Å². The van der Waals surface area contributed by atoms with Gasteiger partial charge in [0.25, 0.3) is 0 Å². The van der Waals surface area contributed by atoms with Crippen LogP contribution >= 0.6 is 0 Å². The summed E-state index contributed by atoms with van der Waals surface area (Å²) in [5.41, 5.74) is 4.80. The summed E-state index contributed by atoms with van der Waals surface area (Å²) in [6.45, 7) is 0.699. The highest BCUT2D eigenvalue weighted by Gasteiger charge is 2.45. The average Bonchev–Trinajstić information content (AvgIpc) is 2.85. The van der Waals surface area contributed by atoms with Crippen molar-refractivity contribution in [3.8, 4) is 0 Å². The van der Waals surface area contributed by atoms with Gasteiger partial charge in [-0.2, -0.15) is 5.10 Å². The summed E-state index contributed by atoms with van der Waals surface area (Å²) in [5.74, 6) is 0.0759. The summed E-state index contributed by atoms with van der Waals surface area (Å²) < 4.78 is 1.72. The molecule has 1 fully saturated rings. The molecule has 2 aromatic rings. The molecule has 1 aliphatic rings. The van der Waals surface area contributed by atoms with Crippen molar-refractivity contribution in [1.82, 2.24) is 29.9 Å². The lowest BCUT2D eigenvalue weighted by atomic mass is 9.86. The number of carbonyl (C=O) groups excluding carboxylic acids is 1. The minimum Gasteiger partial charge on any atom is -0.348 e. The molecule has 2 aromatic heterocycles. The average molecular weight is 274 g/mol. The zero-order valence-electron chi connectivity index (χ0n) is 11.8. The smallest absolute Gasteiger partial charge is 0.228 e. The van der Waals surface area contributed by atoms with Gasteiger partial charge in [0.1, 0.15) is 0 Å². The van der Waals surface area contributed by atoms with Crippen molar-refractivity contribution in [3.05, 3.63) is 30.2 Å². The second-order valence-electron chi connectivity index (χ2n) is 5.15. The molecule has 3 rings (SSSR count). The van der Waals surface area contributed by atoms with E-state index in [0.717, 1.165) is 11.3 Å². The van der Waals surface area contributed by atoms with Gasteiger partial charge >= 0.3 is 0 Å². The van der Waals surface area contributed by atoms with E-state index in [1.54, 1.807) is 29.7 Å². The fourth-order valence-corrected chi connectivity index (χ4v) is 2.64. The van der Waals surface area contributed by atoms with Gasteiger partial charge in [-0.15, -0.1) is 0 Å². The summed E-state index contributed by atoms with van der Waals surface area (Å²) in [4.78, 5) is 18.4. The van der Waals surface area contributed by atoms with E-state index in [0.29, 0.717) is 6.54 Å². The third-order valence-corrected chi connectivity index (χ3v) is 3.74. The van der Waals surface area contributed by atoms with Gasteiger partial charge in [-0.25, -0.2) is 14.5 Å². The summed E-state index contributed by atoms with van der Waals surface area (Å²) in [5, 5.41) is 6.16. The van der Waals surface area contributed by atoms with E-state index in [1.165, 1.54) is 0 Å². The standard InChI is InChI=1S/C13H18N6O/c1-14-19-8-9(13(20)17(2)3)12(19)10-5-7-18-11(16-10)4-6-15-18/h4-7,9,12,14H,8H2,1-3H3. The van der Waals surface area contributed by atoms with Gasteiger partial charge in [0.2, 0.25) is 5.91 Å². The predicted molar refractivity (Wildman–Crippen MR) is 73.7 cm³/mol. The summed E-state index contributed by atoms with van der Waals surface area (Å²) in [6, 6.07) is 3.74. The Morgan fingerprint density at radius 1 is 1.45 bits per heavy atom. The van der Waals surface area contributed by atoms with Gasteiger partial charge in [0.05, 0.1) is 23.9 Å². The lowest BCUT2D eigenvalue weighted by Crippen LogP contribution is -2.59. The lowest BCUT2D eigenvalue weighted by molar-refractivity contribution is -0.147. The molecule has 2 unspecified atom stereocenters. The molecule has 2 atom stereocenters. The van der Waals surface area contributed by atoms with Gasteiger partial charge in [0, 0.05) is 32.9 Å². The van der Waals surface area contributed by atoms with Crippen molar-refractivity contribution in [2.24, 2.45) is 5.92 Å². The maximum Gasteiger partial charge on any atom is 0.228 e. The first-order valence-electron chi connectivity index (χ1n) is 6.57. The van der Waals surface area contributed by atoms with E-state index in [4.69, 9.17) is 0 Å². The first-order valence-corrected chi connectivity index (χ1v) is 6.57. The number of carbonyl (C=O) groups is 1. The first-order chi connectivity index (χ1) is 9.61. The second kappa shape index (κ2) is 4.84. The van der Waals surface area contributed by atoms with Crippen LogP contribution in [0.15, 0.2) is 24.5 Å². The molecule has 20 heavy (non-hydrogen) atoms. The molecule has 1 saturated heterocycles. The second-order valence-corrected chi connectivity index (χ2v) is 5.15. The lowest BCUT2D eigenvalue weighted by Gasteiger charge is -2.46. The van der Waals surface area contributed by atoms with E-state index in [2.05, 4.69) is 15.5 Å². The van der Waals surface area contributed by atoms with Crippen LogP contribution in [0.3, 0.4) is 0 Å². The fourth-order valence-electron chi connectivity index (χ4n) is 2.64. The Balaban J connectivity index is 1.93. The van der Waals surface area contributed by atoms with Crippen LogP contribution in [0.5, 0.6) is 0 Å². The zero-order valence-corrected chi connectivity index (χ0v) is 11.8. The van der Waals surface area contributed by atoms with Gasteiger partial charge < -0.3 is 4.90 Å². The minimum absolute atomic E-state index is 0.0326. The number of amides is 1. The number of aromatic nitrogens is 3. The van der Waals surface area contributed by atoms with E-state index in [9.17, 15) is 4.79 Å². The fraction of sp³-hybridized carbons (Fsp3) is 0.462. The Kier molecular flexibility index (Phi) is 3.15. The van der Waals surface area contributed by atoms with Crippen LogP contribution < -0.4 is 5.43 Å². The third-order valence-electron chi connectivity index (χ3n) is 3.74.